The number of hydrogen-bond donors (Lipinski definition) is 2. The highest BCUT2D eigenvalue weighted by atomic mass is 127. The van der Waals surface area contributed by atoms with Crippen LogP contribution in [0.3, 0.4) is 0 Å². The molecule has 1 aromatic carbocycles. The quantitative estimate of drug-likeness (QED) is 0.205. The number of guanidine groups is 1. The van der Waals surface area contributed by atoms with E-state index in [1.165, 1.54) is 5.56 Å². The number of aromatic nitrogens is 3. The zero-order valence-electron chi connectivity index (χ0n) is 18.5. The van der Waals surface area contributed by atoms with Gasteiger partial charge in [-0.2, -0.15) is 0 Å². The normalized spacial score (nSPS) is 11.9. The van der Waals surface area contributed by atoms with E-state index >= 15 is 0 Å². The van der Waals surface area contributed by atoms with Crippen LogP contribution in [0.4, 0.5) is 0 Å². The van der Waals surface area contributed by atoms with E-state index in [2.05, 4.69) is 40.7 Å². The fraction of sp³-hybridized carbons (Fsp3) is 0.571. The molecule has 9 heteroatoms. The summed E-state index contributed by atoms with van der Waals surface area (Å²) < 4.78 is 7.08. The Hall–Kier alpha value is -1.39. The maximum atomic E-state index is 6.13. The molecule has 2 rings (SSSR count). The maximum Gasteiger partial charge on any atom is 0.191 e. The summed E-state index contributed by atoms with van der Waals surface area (Å²) in [6.07, 6.45) is 1.83. The van der Waals surface area contributed by atoms with Gasteiger partial charge in [0.2, 0.25) is 0 Å². The van der Waals surface area contributed by atoms with Crippen molar-refractivity contribution >= 4 is 41.5 Å². The molecule has 2 N–H and O–H groups in total. The van der Waals surface area contributed by atoms with E-state index in [4.69, 9.17) is 21.3 Å². The van der Waals surface area contributed by atoms with Gasteiger partial charge >= 0.3 is 0 Å². The van der Waals surface area contributed by atoms with E-state index < -0.39 is 0 Å². The highest BCUT2D eigenvalue weighted by Crippen LogP contribution is 2.22. The van der Waals surface area contributed by atoms with Gasteiger partial charge in [-0.3, -0.25) is 0 Å². The lowest BCUT2D eigenvalue weighted by Gasteiger charge is -2.26. The number of ether oxygens (including phenoxy) is 1. The predicted octanol–water partition coefficient (Wildman–Crippen LogP) is 3.74. The largest absolute Gasteiger partial charge is 0.385 e. The second-order valence-corrected chi connectivity index (χ2v) is 8.42. The second-order valence-electron chi connectivity index (χ2n) is 7.98. The van der Waals surface area contributed by atoms with Crippen molar-refractivity contribution in [1.29, 1.82) is 0 Å². The summed E-state index contributed by atoms with van der Waals surface area (Å²) in [5.74, 6) is 2.47. The fourth-order valence-electron chi connectivity index (χ4n) is 2.92. The number of halogens is 2. The molecule has 1 aromatic heterocycles. The summed E-state index contributed by atoms with van der Waals surface area (Å²) in [5.41, 5.74) is 1.26. The molecule has 0 aliphatic rings. The molecule has 0 unspecified atom stereocenters. The fourth-order valence-corrected chi connectivity index (χ4v) is 3.13. The first-order valence-electron chi connectivity index (χ1n) is 9.91. The molecule has 0 saturated carbocycles. The molecule has 7 nitrogen and oxygen atoms in total. The summed E-state index contributed by atoms with van der Waals surface area (Å²) in [6, 6.07) is 8.03. The van der Waals surface area contributed by atoms with Crippen LogP contribution in [0.1, 0.15) is 37.5 Å². The van der Waals surface area contributed by atoms with Crippen LogP contribution in [0.15, 0.2) is 29.3 Å². The van der Waals surface area contributed by atoms with E-state index in [0.29, 0.717) is 13.2 Å². The summed E-state index contributed by atoms with van der Waals surface area (Å²) in [4.78, 5) is 4.70. The van der Waals surface area contributed by atoms with Crippen LogP contribution in [-0.2, 0) is 24.8 Å². The van der Waals surface area contributed by atoms with Gasteiger partial charge in [-0.1, -0.05) is 37.6 Å². The first-order chi connectivity index (χ1) is 13.8. The molecule has 2 aromatic rings. The molecule has 168 valence electrons. The van der Waals surface area contributed by atoms with Crippen LogP contribution in [0, 0.1) is 12.3 Å². The van der Waals surface area contributed by atoms with Crippen molar-refractivity contribution in [2.75, 3.05) is 26.8 Å². The van der Waals surface area contributed by atoms with Crippen molar-refractivity contribution in [3.63, 3.8) is 0 Å². The Labute approximate surface area is 202 Å². The van der Waals surface area contributed by atoms with Gasteiger partial charge in [0.1, 0.15) is 12.4 Å². The number of hydrogen-bond acceptors (Lipinski definition) is 4. The van der Waals surface area contributed by atoms with Crippen molar-refractivity contribution in [2.45, 2.75) is 40.2 Å². The Morgan fingerprint density at radius 2 is 2.03 bits per heavy atom. The average molecular weight is 549 g/mol. The number of nitrogens with zero attached hydrogens (tertiary/aromatic N) is 4. The van der Waals surface area contributed by atoms with E-state index in [0.717, 1.165) is 48.6 Å². The Balaban J connectivity index is 0.00000450. The SMILES string of the molecule is COCCCNC(=NCc1nnc(C)n1C)NCC(C)(C)Cc1cccc(Cl)c1.I. The minimum absolute atomic E-state index is 0. The third-order valence-corrected chi connectivity index (χ3v) is 4.92. The number of nitrogens with one attached hydrogen (secondary N) is 2. The molecule has 0 aliphatic carbocycles. The molecular formula is C21H34ClIN6O. The Kier molecular flexibility index (Phi) is 11.6. The topological polar surface area (TPSA) is 76.4 Å². The van der Waals surface area contributed by atoms with Crippen molar-refractivity contribution in [2.24, 2.45) is 17.5 Å². The molecule has 0 amide bonds. The molecule has 0 aliphatic heterocycles. The van der Waals surface area contributed by atoms with Crippen LogP contribution in [0.5, 0.6) is 0 Å². The minimum Gasteiger partial charge on any atom is -0.385 e. The minimum atomic E-state index is 0. The second kappa shape index (κ2) is 13.1. The third-order valence-electron chi connectivity index (χ3n) is 4.69. The molecule has 0 bridgehead atoms. The van der Waals surface area contributed by atoms with Crippen molar-refractivity contribution in [3.8, 4) is 0 Å². The van der Waals surface area contributed by atoms with Gasteiger partial charge in [-0.15, -0.1) is 34.2 Å². The highest BCUT2D eigenvalue weighted by molar-refractivity contribution is 14.0. The van der Waals surface area contributed by atoms with Crippen LogP contribution in [0.25, 0.3) is 0 Å². The van der Waals surface area contributed by atoms with E-state index in [-0.39, 0.29) is 29.4 Å². The third kappa shape index (κ3) is 9.18. The standard InChI is InChI=1S/C21H33ClN6O.HI/c1-16-26-27-19(28(16)4)14-24-20(23-10-7-11-29-5)25-15-21(2,3)13-17-8-6-9-18(22)12-17;/h6,8-9,12H,7,10-11,13-15H2,1-5H3,(H2,23,24,25);1H. The van der Waals surface area contributed by atoms with E-state index in [1.807, 2.05) is 36.7 Å². The van der Waals surface area contributed by atoms with Crippen molar-refractivity contribution in [3.05, 3.63) is 46.5 Å². The number of aryl methyl sites for hydroxylation is 1. The number of rotatable bonds is 10. The van der Waals surface area contributed by atoms with Gasteiger partial charge in [-0.25, -0.2) is 4.99 Å². The zero-order chi connectivity index (χ0) is 21.3. The summed E-state index contributed by atoms with van der Waals surface area (Å²) in [6.45, 7) is 9.13. The molecule has 0 atom stereocenters. The number of benzene rings is 1. The van der Waals surface area contributed by atoms with Crippen LogP contribution < -0.4 is 10.6 Å². The van der Waals surface area contributed by atoms with Crippen molar-refractivity contribution < 1.29 is 4.74 Å². The lowest BCUT2D eigenvalue weighted by atomic mass is 9.86. The van der Waals surface area contributed by atoms with Gasteiger partial charge in [0.05, 0.1) is 0 Å². The number of aliphatic imine (C=N–C) groups is 1. The van der Waals surface area contributed by atoms with Crippen molar-refractivity contribution in [1.82, 2.24) is 25.4 Å². The highest BCUT2D eigenvalue weighted by Gasteiger charge is 2.19. The average Bonchev–Trinajstić information content (AvgIpc) is 2.98. The Bertz CT molecular complexity index is 809. The summed E-state index contributed by atoms with van der Waals surface area (Å²) in [7, 11) is 3.66. The Morgan fingerprint density at radius 3 is 2.67 bits per heavy atom. The first-order valence-corrected chi connectivity index (χ1v) is 10.3. The van der Waals surface area contributed by atoms with Gasteiger partial charge in [-0.05, 0) is 42.9 Å². The lowest BCUT2D eigenvalue weighted by molar-refractivity contribution is 0.195. The monoisotopic (exact) mass is 548 g/mol. The lowest BCUT2D eigenvalue weighted by Crippen LogP contribution is -2.43. The van der Waals surface area contributed by atoms with Gasteiger partial charge in [0, 0.05) is 38.9 Å². The first kappa shape index (κ1) is 26.6. The number of methoxy groups -OCH3 is 1. The Morgan fingerprint density at radius 1 is 1.27 bits per heavy atom. The molecule has 0 radical (unpaired) electrons. The van der Waals surface area contributed by atoms with E-state index in [9.17, 15) is 0 Å². The molecule has 1 heterocycles. The van der Waals surface area contributed by atoms with Crippen LogP contribution >= 0.6 is 35.6 Å². The van der Waals surface area contributed by atoms with Crippen LogP contribution in [0.2, 0.25) is 5.02 Å². The smallest absolute Gasteiger partial charge is 0.191 e. The molecule has 0 saturated heterocycles. The zero-order valence-corrected chi connectivity index (χ0v) is 21.6. The molecule has 30 heavy (non-hydrogen) atoms. The molecule has 0 spiro atoms. The van der Waals surface area contributed by atoms with Gasteiger partial charge in [0.25, 0.3) is 0 Å². The predicted molar refractivity (Wildman–Crippen MR) is 134 cm³/mol. The maximum absolute atomic E-state index is 6.13. The van der Waals surface area contributed by atoms with Gasteiger partial charge < -0.3 is 19.9 Å². The van der Waals surface area contributed by atoms with Gasteiger partial charge in [0.15, 0.2) is 11.8 Å². The summed E-state index contributed by atoms with van der Waals surface area (Å²) in [5, 5.41) is 15.9. The summed E-state index contributed by atoms with van der Waals surface area (Å²) >= 11 is 6.13. The molecular weight excluding hydrogens is 515 g/mol. The molecule has 0 fully saturated rings. The van der Waals surface area contributed by atoms with Crippen LogP contribution in [-0.4, -0.2) is 47.5 Å². The van der Waals surface area contributed by atoms with E-state index in [1.54, 1.807) is 7.11 Å².